The van der Waals surface area contributed by atoms with E-state index in [0.29, 0.717) is 12.4 Å². The second-order valence-electron chi connectivity index (χ2n) is 3.82. The molecule has 1 aromatic heterocycles. The number of methoxy groups -OCH3 is 1. The Hall–Kier alpha value is -0.630. The number of ether oxygens (including phenoxy) is 1. The number of alkyl halides is 1. The topological polar surface area (TPSA) is 64.4 Å². The maximum atomic E-state index is 12.3. The molecule has 0 amide bonds. The molecule has 0 aliphatic heterocycles. The highest BCUT2D eigenvalue weighted by Gasteiger charge is 2.26. The number of sulfonamides is 1. The Morgan fingerprint density at radius 1 is 1.50 bits per heavy atom. The molecule has 0 saturated heterocycles. The normalized spacial score (nSPS) is 12.3. The summed E-state index contributed by atoms with van der Waals surface area (Å²) in [6, 6.07) is 0. The molecule has 0 aliphatic rings. The number of aromatic nitrogens is 2. The minimum absolute atomic E-state index is 0.0451. The van der Waals surface area contributed by atoms with E-state index in [2.05, 4.69) is 4.98 Å². The van der Waals surface area contributed by atoms with Gasteiger partial charge in [-0.1, -0.05) is 0 Å². The third-order valence-corrected chi connectivity index (χ3v) is 4.51. The van der Waals surface area contributed by atoms with E-state index >= 15 is 0 Å². The Labute approximate surface area is 113 Å². The molecular weight excluding hydrogens is 278 g/mol. The van der Waals surface area contributed by atoms with Gasteiger partial charge in [0.25, 0.3) is 10.0 Å². The fourth-order valence-corrected chi connectivity index (χ4v) is 3.18. The molecule has 0 aromatic carbocycles. The fraction of sp³-hybridized carbons (Fsp3) is 0.700. The molecule has 1 heterocycles. The first-order chi connectivity index (χ1) is 8.43. The predicted molar refractivity (Wildman–Crippen MR) is 69.3 cm³/mol. The van der Waals surface area contributed by atoms with Crippen LogP contribution in [0.4, 0.5) is 0 Å². The lowest BCUT2D eigenvalue weighted by atomic mass is 10.6. The molecule has 0 spiro atoms. The van der Waals surface area contributed by atoms with Crippen LogP contribution < -0.4 is 0 Å². The number of halogens is 1. The van der Waals surface area contributed by atoms with E-state index in [9.17, 15) is 8.42 Å². The zero-order valence-corrected chi connectivity index (χ0v) is 12.3. The third kappa shape index (κ3) is 3.44. The summed E-state index contributed by atoms with van der Waals surface area (Å²) >= 11 is 5.63. The Morgan fingerprint density at radius 2 is 2.17 bits per heavy atom. The number of nitrogens with zero attached hydrogens (tertiary/aromatic N) is 3. The van der Waals surface area contributed by atoms with Crippen LogP contribution in [0, 0.1) is 6.92 Å². The van der Waals surface area contributed by atoms with Crippen LogP contribution in [0.15, 0.2) is 11.2 Å². The first kappa shape index (κ1) is 15.4. The van der Waals surface area contributed by atoms with Crippen LogP contribution in [0.25, 0.3) is 0 Å². The fourth-order valence-electron chi connectivity index (χ4n) is 1.42. The molecule has 1 rings (SSSR count). The highest BCUT2D eigenvalue weighted by atomic mass is 35.5. The van der Waals surface area contributed by atoms with Crippen molar-refractivity contribution in [3.8, 4) is 0 Å². The van der Waals surface area contributed by atoms with Crippen LogP contribution in [0.3, 0.4) is 0 Å². The van der Waals surface area contributed by atoms with Gasteiger partial charge >= 0.3 is 0 Å². The third-order valence-electron chi connectivity index (χ3n) is 2.57. The van der Waals surface area contributed by atoms with Gasteiger partial charge in [-0.3, -0.25) is 0 Å². The van der Waals surface area contributed by atoms with Crippen molar-refractivity contribution in [1.82, 2.24) is 13.9 Å². The van der Waals surface area contributed by atoms with Gasteiger partial charge in [-0.25, -0.2) is 13.4 Å². The highest BCUT2D eigenvalue weighted by Crippen LogP contribution is 2.14. The summed E-state index contributed by atoms with van der Waals surface area (Å²) in [4.78, 5) is 4.04. The van der Waals surface area contributed by atoms with Crippen LogP contribution in [-0.4, -0.2) is 55.0 Å². The molecule has 1 aromatic rings. The molecule has 0 aliphatic carbocycles. The molecule has 0 atom stereocenters. The lowest BCUT2D eigenvalue weighted by Gasteiger charge is -2.19. The van der Waals surface area contributed by atoms with Gasteiger partial charge in [0.05, 0.1) is 6.61 Å². The van der Waals surface area contributed by atoms with E-state index in [4.69, 9.17) is 16.3 Å². The minimum atomic E-state index is -3.60. The Kier molecular flexibility index (Phi) is 5.58. The smallest absolute Gasteiger partial charge is 0.262 e. The van der Waals surface area contributed by atoms with Crippen molar-refractivity contribution in [1.29, 1.82) is 0 Å². The summed E-state index contributed by atoms with van der Waals surface area (Å²) in [5.41, 5.74) is 0. The van der Waals surface area contributed by atoms with Crippen LogP contribution in [-0.2, 0) is 21.8 Å². The van der Waals surface area contributed by atoms with E-state index in [1.165, 1.54) is 17.6 Å². The maximum absolute atomic E-state index is 12.3. The summed E-state index contributed by atoms with van der Waals surface area (Å²) in [5, 5.41) is 0.0451. The second-order valence-corrected chi connectivity index (χ2v) is 6.09. The van der Waals surface area contributed by atoms with E-state index in [-0.39, 0.29) is 24.0 Å². The number of rotatable bonds is 7. The minimum Gasteiger partial charge on any atom is -0.383 e. The van der Waals surface area contributed by atoms with E-state index in [1.54, 1.807) is 18.5 Å². The number of hydrogen-bond acceptors (Lipinski definition) is 4. The Morgan fingerprint density at radius 3 is 2.61 bits per heavy atom. The first-order valence-corrected chi connectivity index (χ1v) is 7.46. The molecule has 0 radical (unpaired) electrons. The number of hydrogen-bond donors (Lipinski definition) is 0. The maximum Gasteiger partial charge on any atom is 0.262 e. The van der Waals surface area contributed by atoms with Crippen molar-refractivity contribution in [2.24, 2.45) is 7.05 Å². The lowest BCUT2D eigenvalue weighted by Crippen LogP contribution is -2.35. The largest absolute Gasteiger partial charge is 0.383 e. The van der Waals surface area contributed by atoms with Crippen molar-refractivity contribution < 1.29 is 13.2 Å². The molecule has 0 unspecified atom stereocenters. The summed E-state index contributed by atoms with van der Waals surface area (Å²) in [6.45, 7) is 2.58. The van der Waals surface area contributed by atoms with Gasteiger partial charge in [0.15, 0.2) is 5.03 Å². The van der Waals surface area contributed by atoms with E-state index < -0.39 is 10.0 Å². The van der Waals surface area contributed by atoms with Crippen molar-refractivity contribution in [2.75, 3.05) is 32.7 Å². The van der Waals surface area contributed by atoms with E-state index in [0.717, 1.165) is 0 Å². The SMILES string of the molecule is COCCN(CCCl)S(=O)(=O)c1cn(C)c(C)n1. The van der Waals surface area contributed by atoms with Crippen molar-refractivity contribution >= 4 is 21.6 Å². The van der Waals surface area contributed by atoms with Crippen LogP contribution in [0.2, 0.25) is 0 Å². The molecule has 104 valence electrons. The van der Waals surface area contributed by atoms with Crippen LogP contribution in [0.1, 0.15) is 5.82 Å². The monoisotopic (exact) mass is 295 g/mol. The summed E-state index contributed by atoms with van der Waals surface area (Å²) in [7, 11) is -0.324. The van der Waals surface area contributed by atoms with Gasteiger partial charge in [0.1, 0.15) is 5.82 Å². The standard InChI is InChI=1S/C10H18ClN3O3S/c1-9-12-10(8-13(9)2)18(15,16)14(5-4-11)6-7-17-3/h8H,4-7H2,1-3H3. The molecule has 0 N–H and O–H groups in total. The summed E-state index contributed by atoms with van der Waals surface area (Å²) < 4.78 is 32.5. The Bertz CT molecular complexity index is 467. The second kappa shape index (κ2) is 6.51. The van der Waals surface area contributed by atoms with Crippen molar-refractivity contribution in [3.05, 3.63) is 12.0 Å². The lowest BCUT2D eigenvalue weighted by molar-refractivity contribution is 0.180. The van der Waals surface area contributed by atoms with Gasteiger partial charge in [-0.15, -0.1) is 11.6 Å². The zero-order chi connectivity index (χ0) is 13.8. The van der Waals surface area contributed by atoms with Crippen LogP contribution in [0.5, 0.6) is 0 Å². The summed E-state index contributed by atoms with van der Waals surface area (Å²) in [5.74, 6) is 0.875. The molecule has 0 fully saturated rings. The van der Waals surface area contributed by atoms with Gasteiger partial charge in [-0.2, -0.15) is 4.31 Å². The molecule has 0 bridgehead atoms. The molecule has 0 saturated carbocycles. The molecular formula is C10H18ClN3O3S. The molecule has 18 heavy (non-hydrogen) atoms. The average Bonchev–Trinajstić information content (AvgIpc) is 2.65. The molecule has 6 nitrogen and oxygen atoms in total. The zero-order valence-electron chi connectivity index (χ0n) is 10.8. The van der Waals surface area contributed by atoms with Gasteiger partial charge in [-0.05, 0) is 6.92 Å². The van der Waals surface area contributed by atoms with Gasteiger partial charge in [0, 0.05) is 39.3 Å². The predicted octanol–water partition coefficient (Wildman–Crippen LogP) is 0.604. The molecule has 8 heteroatoms. The number of aryl methyl sites for hydroxylation is 2. The first-order valence-electron chi connectivity index (χ1n) is 5.48. The summed E-state index contributed by atoms with van der Waals surface area (Å²) in [6.07, 6.45) is 1.50. The Balaban J connectivity index is 3.00. The highest BCUT2D eigenvalue weighted by molar-refractivity contribution is 7.89. The van der Waals surface area contributed by atoms with Crippen LogP contribution >= 0.6 is 11.6 Å². The number of imidazole rings is 1. The van der Waals surface area contributed by atoms with Crippen molar-refractivity contribution in [2.45, 2.75) is 11.9 Å². The van der Waals surface area contributed by atoms with E-state index in [1.807, 2.05) is 0 Å². The quantitative estimate of drug-likeness (QED) is 0.691. The van der Waals surface area contributed by atoms with Gasteiger partial charge < -0.3 is 9.30 Å². The van der Waals surface area contributed by atoms with Gasteiger partial charge in [0.2, 0.25) is 0 Å². The van der Waals surface area contributed by atoms with Crippen molar-refractivity contribution in [3.63, 3.8) is 0 Å². The average molecular weight is 296 g/mol.